The Morgan fingerprint density at radius 1 is 0.296 bits per heavy atom. The summed E-state index contributed by atoms with van der Waals surface area (Å²) >= 11 is 0. The Bertz CT molecular complexity index is 2930. The van der Waals surface area contributed by atoms with Crippen molar-refractivity contribution in [2.45, 2.75) is 0 Å². The van der Waals surface area contributed by atoms with Gasteiger partial charge in [0.05, 0.1) is 5.69 Å². The number of nitrogens with zero attached hydrogens (tertiary/aromatic N) is 1. The van der Waals surface area contributed by atoms with Gasteiger partial charge < -0.3 is 9.32 Å². The van der Waals surface area contributed by atoms with E-state index in [0.717, 1.165) is 55.7 Å². The second-order valence-corrected chi connectivity index (χ2v) is 13.7. The molecule has 0 aliphatic carbocycles. The van der Waals surface area contributed by atoms with Crippen molar-refractivity contribution in [3.63, 3.8) is 0 Å². The Morgan fingerprint density at radius 2 is 0.889 bits per heavy atom. The maximum Gasteiger partial charge on any atom is 0.135 e. The average Bonchev–Trinajstić information content (AvgIpc) is 3.63. The van der Waals surface area contributed by atoms with Crippen LogP contribution in [0.1, 0.15) is 0 Å². The first-order chi connectivity index (χ1) is 26.8. The van der Waals surface area contributed by atoms with Gasteiger partial charge in [-0.1, -0.05) is 158 Å². The smallest absolute Gasteiger partial charge is 0.135 e. The summed E-state index contributed by atoms with van der Waals surface area (Å²) in [6.45, 7) is 0. The minimum atomic E-state index is 0.905. The maximum atomic E-state index is 6.12. The van der Waals surface area contributed by atoms with E-state index in [-0.39, 0.29) is 0 Å². The van der Waals surface area contributed by atoms with Crippen LogP contribution in [-0.2, 0) is 0 Å². The summed E-state index contributed by atoms with van der Waals surface area (Å²) in [6.07, 6.45) is 0. The summed E-state index contributed by atoms with van der Waals surface area (Å²) in [7, 11) is 0. The Labute approximate surface area is 314 Å². The molecular formula is C52H35NO. The number of benzene rings is 9. The normalized spacial score (nSPS) is 11.3. The standard InChI is InChI=1S/C52H35NO/c1-2-13-38(14-3-1)47-22-6-8-25-50(47)53(43-30-27-36(28-31-43)41-29-32-52-49(35-41)48-23-7-9-26-51(48)54-52)44-20-11-18-40(34-44)39-17-10-19-42(33-39)46-24-12-16-37-15-4-5-21-45(37)46/h1-35H. The minimum absolute atomic E-state index is 0.905. The zero-order chi connectivity index (χ0) is 35.8. The third kappa shape index (κ3) is 5.71. The third-order valence-electron chi connectivity index (χ3n) is 10.5. The Hall–Kier alpha value is -7.16. The molecule has 54 heavy (non-hydrogen) atoms. The molecule has 0 atom stereocenters. The van der Waals surface area contributed by atoms with Gasteiger partial charge >= 0.3 is 0 Å². The van der Waals surface area contributed by atoms with Crippen molar-refractivity contribution in [1.29, 1.82) is 0 Å². The van der Waals surface area contributed by atoms with Crippen LogP contribution in [0, 0.1) is 0 Å². The van der Waals surface area contributed by atoms with Crippen LogP contribution < -0.4 is 4.90 Å². The molecule has 2 nitrogen and oxygen atoms in total. The second-order valence-electron chi connectivity index (χ2n) is 13.7. The number of rotatable bonds is 7. The van der Waals surface area contributed by atoms with Crippen LogP contribution in [0.25, 0.3) is 77.2 Å². The van der Waals surface area contributed by atoms with E-state index in [1.165, 1.54) is 38.6 Å². The molecule has 0 spiro atoms. The van der Waals surface area contributed by atoms with Crippen molar-refractivity contribution in [3.8, 4) is 44.5 Å². The number of anilines is 3. The first-order valence-electron chi connectivity index (χ1n) is 18.4. The first kappa shape index (κ1) is 31.6. The number of para-hydroxylation sites is 2. The molecule has 0 amide bonds. The molecular weight excluding hydrogens is 655 g/mol. The molecule has 10 aromatic rings. The van der Waals surface area contributed by atoms with Gasteiger partial charge in [-0.15, -0.1) is 0 Å². The van der Waals surface area contributed by atoms with E-state index in [4.69, 9.17) is 4.42 Å². The minimum Gasteiger partial charge on any atom is -0.456 e. The maximum absolute atomic E-state index is 6.12. The van der Waals surface area contributed by atoms with E-state index < -0.39 is 0 Å². The molecule has 0 saturated carbocycles. The highest BCUT2D eigenvalue weighted by Crippen LogP contribution is 2.43. The molecule has 2 heteroatoms. The Morgan fingerprint density at radius 3 is 1.78 bits per heavy atom. The number of fused-ring (bicyclic) bond motifs is 4. The fourth-order valence-corrected chi connectivity index (χ4v) is 7.83. The molecule has 0 saturated heterocycles. The lowest BCUT2D eigenvalue weighted by atomic mass is 9.95. The summed E-state index contributed by atoms with van der Waals surface area (Å²) in [4.78, 5) is 2.39. The van der Waals surface area contributed by atoms with Gasteiger partial charge in [0.25, 0.3) is 0 Å². The van der Waals surface area contributed by atoms with Crippen LogP contribution in [-0.4, -0.2) is 0 Å². The molecule has 0 bridgehead atoms. The van der Waals surface area contributed by atoms with E-state index in [9.17, 15) is 0 Å². The lowest BCUT2D eigenvalue weighted by Crippen LogP contribution is -2.11. The number of furan rings is 1. The molecule has 254 valence electrons. The average molecular weight is 690 g/mol. The van der Waals surface area contributed by atoms with Crippen molar-refractivity contribution in [3.05, 3.63) is 212 Å². The van der Waals surface area contributed by atoms with Crippen LogP contribution in [0.5, 0.6) is 0 Å². The van der Waals surface area contributed by atoms with Gasteiger partial charge in [-0.25, -0.2) is 0 Å². The van der Waals surface area contributed by atoms with E-state index in [1.54, 1.807) is 0 Å². The topological polar surface area (TPSA) is 16.4 Å². The molecule has 1 aromatic heterocycles. The van der Waals surface area contributed by atoms with Gasteiger partial charge in [0.2, 0.25) is 0 Å². The van der Waals surface area contributed by atoms with E-state index in [0.29, 0.717) is 0 Å². The first-order valence-corrected chi connectivity index (χ1v) is 18.4. The summed E-state index contributed by atoms with van der Waals surface area (Å²) in [6, 6.07) is 76.0. The van der Waals surface area contributed by atoms with E-state index in [1.807, 2.05) is 12.1 Å². The molecule has 0 radical (unpaired) electrons. The van der Waals surface area contributed by atoms with Gasteiger partial charge in [0, 0.05) is 27.7 Å². The Kier molecular flexibility index (Phi) is 7.85. The predicted octanol–water partition coefficient (Wildman–Crippen LogP) is 14.9. The Balaban J connectivity index is 1.08. The lowest BCUT2D eigenvalue weighted by Gasteiger charge is -2.28. The van der Waals surface area contributed by atoms with Crippen molar-refractivity contribution in [1.82, 2.24) is 0 Å². The van der Waals surface area contributed by atoms with Crippen LogP contribution >= 0.6 is 0 Å². The molecule has 9 aromatic carbocycles. The monoisotopic (exact) mass is 689 g/mol. The van der Waals surface area contributed by atoms with Crippen molar-refractivity contribution < 1.29 is 4.42 Å². The number of hydrogen-bond acceptors (Lipinski definition) is 2. The molecule has 0 unspecified atom stereocenters. The highest BCUT2D eigenvalue weighted by Gasteiger charge is 2.18. The zero-order valence-corrected chi connectivity index (χ0v) is 29.6. The summed E-state index contributed by atoms with van der Waals surface area (Å²) < 4.78 is 6.12. The molecule has 1 heterocycles. The molecule has 0 aliphatic rings. The van der Waals surface area contributed by atoms with Crippen LogP contribution in [0.15, 0.2) is 217 Å². The van der Waals surface area contributed by atoms with Gasteiger partial charge in [-0.05, 0) is 104 Å². The molecule has 0 N–H and O–H groups in total. The predicted molar refractivity (Wildman–Crippen MR) is 228 cm³/mol. The van der Waals surface area contributed by atoms with Crippen LogP contribution in [0.2, 0.25) is 0 Å². The van der Waals surface area contributed by atoms with Crippen LogP contribution in [0.4, 0.5) is 17.1 Å². The fourth-order valence-electron chi connectivity index (χ4n) is 7.83. The number of hydrogen-bond donors (Lipinski definition) is 0. The van der Waals surface area contributed by atoms with Gasteiger partial charge in [0.15, 0.2) is 0 Å². The van der Waals surface area contributed by atoms with Gasteiger partial charge in [0.1, 0.15) is 11.2 Å². The zero-order valence-electron chi connectivity index (χ0n) is 29.6. The van der Waals surface area contributed by atoms with Gasteiger partial charge in [-0.3, -0.25) is 0 Å². The highest BCUT2D eigenvalue weighted by molar-refractivity contribution is 6.06. The largest absolute Gasteiger partial charge is 0.456 e. The van der Waals surface area contributed by atoms with Crippen molar-refractivity contribution in [2.24, 2.45) is 0 Å². The van der Waals surface area contributed by atoms with Gasteiger partial charge in [-0.2, -0.15) is 0 Å². The quantitative estimate of drug-likeness (QED) is 0.166. The lowest BCUT2D eigenvalue weighted by molar-refractivity contribution is 0.669. The van der Waals surface area contributed by atoms with Crippen LogP contribution in [0.3, 0.4) is 0 Å². The summed E-state index contributed by atoms with van der Waals surface area (Å²) in [5.41, 5.74) is 14.5. The SMILES string of the molecule is c1ccc(-c2ccccc2N(c2ccc(-c3ccc4oc5ccccc5c4c3)cc2)c2cccc(-c3cccc(-c4cccc5ccccc45)c3)c2)cc1. The van der Waals surface area contributed by atoms with E-state index in [2.05, 4.69) is 205 Å². The summed E-state index contributed by atoms with van der Waals surface area (Å²) in [5, 5.41) is 4.77. The van der Waals surface area contributed by atoms with E-state index >= 15 is 0 Å². The molecule has 0 fully saturated rings. The molecule has 10 rings (SSSR count). The van der Waals surface area contributed by atoms with Crippen molar-refractivity contribution >= 4 is 49.8 Å². The van der Waals surface area contributed by atoms with Crippen molar-refractivity contribution in [2.75, 3.05) is 4.90 Å². The second kappa shape index (κ2) is 13.4. The fraction of sp³-hybridized carbons (Fsp3) is 0. The summed E-state index contributed by atoms with van der Waals surface area (Å²) in [5.74, 6) is 0. The highest BCUT2D eigenvalue weighted by atomic mass is 16.3. The third-order valence-corrected chi connectivity index (χ3v) is 10.5. The molecule has 0 aliphatic heterocycles.